The molecule has 0 bridgehead atoms. The van der Waals surface area contributed by atoms with Gasteiger partial charge >= 0.3 is 0 Å². The Kier molecular flexibility index (Phi) is 3.18. The van der Waals surface area contributed by atoms with Crippen LogP contribution >= 0.6 is 15.9 Å². The highest BCUT2D eigenvalue weighted by Gasteiger charge is 2.19. The molecule has 0 aliphatic rings. The summed E-state index contributed by atoms with van der Waals surface area (Å²) in [4.78, 5) is 3.27. The van der Waals surface area contributed by atoms with Crippen molar-refractivity contribution in [2.45, 2.75) is 16.8 Å². The van der Waals surface area contributed by atoms with Crippen molar-refractivity contribution in [3.05, 3.63) is 58.6 Å². The van der Waals surface area contributed by atoms with Gasteiger partial charge in [0.25, 0.3) is 0 Å². The summed E-state index contributed by atoms with van der Waals surface area (Å²) in [7, 11) is -3.50. The minimum Gasteiger partial charge on any atom is -0.345 e. The lowest BCUT2D eigenvalue weighted by atomic mass is 10.2. The summed E-state index contributed by atoms with van der Waals surface area (Å²) < 4.78 is 26.0. The van der Waals surface area contributed by atoms with Crippen molar-refractivity contribution < 1.29 is 8.42 Å². The fourth-order valence-corrected chi connectivity index (χ4v) is 3.72. The number of aromatic nitrogens is 1. The quantitative estimate of drug-likeness (QED) is 0.757. The third-order valence-electron chi connectivity index (χ3n) is 3.18. The number of aryl methyl sites for hydroxylation is 1. The second kappa shape index (κ2) is 4.75. The Hall–Kier alpha value is -1.59. The molecule has 1 aromatic heterocycles. The number of aromatic amines is 1. The molecule has 0 unspecified atom stereocenters. The summed E-state index contributed by atoms with van der Waals surface area (Å²) in [6.45, 7) is 1.93. The highest BCUT2D eigenvalue weighted by molar-refractivity contribution is 9.10. The van der Waals surface area contributed by atoms with Gasteiger partial charge in [-0.3, -0.25) is 0 Å². The number of halogens is 1. The van der Waals surface area contributed by atoms with Gasteiger partial charge < -0.3 is 4.98 Å². The molecule has 1 N–H and O–H groups in total. The number of hydrogen-bond donors (Lipinski definition) is 1. The van der Waals surface area contributed by atoms with E-state index >= 15 is 0 Å². The normalized spacial score (nSPS) is 11.9. The molecule has 0 radical (unpaired) electrons. The maximum Gasteiger partial charge on any atom is 0.221 e. The van der Waals surface area contributed by atoms with Gasteiger partial charge in [0.1, 0.15) is 5.03 Å². The number of fused-ring (bicyclic) bond motifs is 1. The van der Waals surface area contributed by atoms with Gasteiger partial charge in [0.2, 0.25) is 9.84 Å². The number of sulfone groups is 1. The molecule has 3 rings (SSSR count). The maximum absolute atomic E-state index is 12.6. The van der Waals surface area contributed by atoms with Gasteiger partial charge in [0.15, 0.2) is 0 Å². The van der Waals surface area contributed by atoms with Crippen molar-refractivity contribution in [2.75, 3.05) is 0 Å². The van der Waals surface area contributed by atoms with E-state index in [9.17, 15) is 8.42 Å². The summed E-state index contributed by atoms with van der Waals surface area (Å²) in [5, 5.41) is 1.08. The van der Waals surface area contributed by atoms with Gasteiger partial charge in [-0.1, -0.05) is 33.6 Å². The van der Waals surface area contributed by atoms with Crippen LogP contribution in [0.4, 0.5) is 0 Å². The van der Waals surface area contributed by atoms with E-state index < -0.39 is 9.84 Å². The lowest BCUT2D eigenvalue weighted by Crippen LogP contribution is -2.02. The number of nitrogens with one attached hydrogen (secondary N) is 1. The molecule has 3 nitrogen and oxygen atoms in total. The van der Waals surface area contributed by atoms with Crippen molar-refractivity contribution >= 4 is 36.7 Å². The Balaban J connectivity index is 2.15. The van der Waals surface area contributed by atoms with E-state index in [1.54, 1.807) is 30.3 Å². The first kappa shape index (κ1) is 13.4. The van der Waals surface area contributed by atoms with Crippen LogP contribution in [0.5, 0.6) is 0 Å². The third-order valence-corrected chi connectivity index (χ3v) is 5.36. The van der Waals surface area contributed by atoms with Crippen LogP contribution in [-0.2, 0) is 9.84 Å². The zero-order valence-electron chi connectivity index (χ0n) is 10.7. The summed E-state index contributed by atoms with van der Waals surface area (Å²) in [6.07, 6.45) is 0. The predicted molar refractivity (Wildman–Crippen MR) is 82.6 cm³/mol. The molecule has 0 amide bonds. The Labute approximate surface area is 125 Å². The second-order valence-corrected chi connectivity index (χ2v) is 7.52. The molecule has 0 atom stereocenters. The van der Waals surface area contributed by atoms with Crippen molar-refractivity contribution in [2.24, 2.45) is 0 Å². The van der Waals surface area contributed by atoms with E-state index in [0.29, 0.717) is 4.90 Å². The van der Waals surface area contributed by atoms with Crippen LogP contribution in [0.15, 0.2) is 62.9 Å². The van der Waals surface area contributed by atoms with Crippen LogP contribution in [0, 0.1) is 6.92 Å². The molecule has 0 aliphatic carbocycles. The lowest BCUT2D eigenvalue weighted by molar-refractivity contribution is 0.593. The van der Waals surface area contributed by atoms with Crippen LogP contribution in [0.1, 0.15) is 5.56 Å². The van der Waals surface area contributed by atoms with Gasteiger partial charge in [-0.15, -0.1) is 0 Å². The molecule has 20 heavy (non-hydrogen) atoms. The lowest BCUT2D eigenvalue weighted by Gasteiger charge is -2.02. The SMILES string of the molecule is Cc1ccc(S(=O)(=O)c2cc3cc(Br)ccc3[nH]2)cc1. The van der Waals surface area contributed by atoms with Gasteiger partial charge in [-0.25, -0.2) is 8.42 Å². The molecular formula is C15H12BrNO2S. The number of rotatable bonds is 2. The number of benzene rings is 2. The molecule has 3 aromatic rings. The van der Waals surface area contributed by atoms with Gasteiger partial charge in [0.05, 0.1) is 4.90 Å². The molecule has 102 valence electrons. The van der Waals surface area contributed by atoms with E-state index in [1.807, 2.05) is 25.1 Å². The van der Waals surface area contributed by atoms with Crippen LogP contribution < -0.4 is 0 Å². The van der Waals surface area contributed by atoms with E-state index in [4.69, 9.17) is 0 Å². The summed E-state index contributed by atoms with van der Waals surface area (Å²) in [5.74, 6) is 0. The molecule has 2 aromatic carbocycles. The van der Waals surface area contributed by atoms with Gasteiger partial charge in [-0.05, 0) is 43.3 Å². The Morgan fingerprint density at radius 3 is 2.40 bits per heavy atom. The van der Waals surface area contributed by atoms with Gasteiger partial charge in [0, 0.05) is 15.4 Å². The van der Waals surface area contributed by atoms with Crippen molar-refractivity contribution in [1.29, 1.82) is 0 Å². The summed E-state index contributed by atoms with van der Waals surface area (Å²) in [6, 6.07) is 14.1. The minimum atomic E-state index is -3.50. The zero-order chi connectivity index (χ0) is 14.3. The summed E-state index contributed by atoms with van der Waals surface area (Å²) >= 11 is 3.38. The van der Waals surface area contributed by atoms with E-state index in [-0.39, 0.29) is 5.03 Å². The highest BCUT2D eigenvalue weighted by Crippen LogP contribution is 2.26. The van der Waals surface area contributed by atoms with Crippen LogP contribution in [0.2, 0.25) is 0 Å². The zero-order valence-corrected chi connectivity index (χ0v) is 13.1. The predicted octanol–water partition coefficient (Wildman–Crippen LogP) is 4.07. The molecule has 0 saturated heterocycles. The van der Waals surface area contributed by atoms with Crippen molar-refractivity contribution in [3.63, 3.8) is 0 Å². The Morgan fingerprint density at radius 1 is 1.00 bits per heavy atom. The molecule has 0 aliphatic heterocycles. The minimum absolute atomic E-state index is 0.217. The molecule has 1 heterocycles. The Bertz CT molecular complexity index is 880. The second-order valence-electron chi connectivity index (χ2n) is 4.68. The molecule has 0 spiro atoms. The van der Waals surface area contributed by atoms with E-state index in [0.717, 1.165) is 20.9 Å². The first-order chi connectivity index (χ1) is 9.46. The first-order valence-electron chi connectivity index (χ1n) is 6.07. The summed E-state index contributed by atoms with van der Waals surface area (Å²) in [5.41, 5.74) is 1.84. The number of hydrogen-bond acceptors (Lipinski definition) is 2. The number of H-pyrrole nitrogens is 1. The average Bonchev–Trinajstić information content (AvgIpc) is 2.83. The standard InChI is InChI=1S/C15H12BrNO2S/c1-10-2-5-13(6-3-10)20(18,19)15-9-11-8-12(16)4-7-14(11)17-15/h2-9,17H,1H3. The smallest absolute Gasteiger partial charge is 0.221 e. The topological polar surface area (TPSA) is 49.9 Å². The molecule has 0 fully saturated rings. The van der Waals surface area contributed by atoms with E-state index in [1.165, 1.54) is 0 Å². The molecule has 0 saturated carbocycles. The Morgan fingerprint density at radius 2 is 1.70 bits per heavy atom. The molecular weight excluding hydrogens is 338 g/mol. The monoisotopic (exact) mass is 349 g/mol. The average molecular weight is 350 g/mol. The van der Waals surface area contributed by atoms with Gasteiger partial charge in [-0.2, -0.15) is 0 Å². The van der Waals surface area contributed by atoms with Crippen LogP contribution in [0.25, 0.3) is 10.9 Å². The first-order valence-corrected chi connectivity index (χ1v) is 8.34. The third kappa shape index (κ3) is 2.27. The highest BCUT2D eigenvalue weighted by atomic mass is 79.9. The van der Waals surface area contributed by atoms with E-state index in [2.05, 4.69) is 20.9 Å². The molecule has 5 heteroatoms. The van der Waals surface area contributed by atoms with Crippen molar-refractivity contribution in [1.82, 2.24) is 4.98 Å². The van der Waals surface area contributed by atoms with Crippen molar-refractivity contribution in [3.8, 4) is 0 Å². The maximum atomic E-state index is 12.6. The largest absolute Gasteiger partial charge is 0.345 e. The van der Waals surface area contributed by atoms with Crippen LogP contribution in [0.3, 0.4) is 0 Å². The fourth-order valence-electron chi connectivity index (χ4n) is 2.07. The van der Waals surface area contributed by atoms with Crippen LogP contribution in [-0.4, -0.2) is 13.4 Å². The fraction of sp³-hybridized carbons (Fsp3) is 0.0667.